The Morgan fingerprint density at radius 3 is 1.75 bits per heavy atom. The van der Waals surface area contributed by atoms with Gasteiger partial charge in [0.05, 0.1) is 6.42 Å². The minimum absolute atomic E-state index is 0.000694. The van der Waals surface area contributed by atoms with Crippen molar-refractivity contribution in [3.05, 3.63) is 108 Å². The van der Waals surface area contributed by atoms with E-state index in [0.29, 0.717) is 12.0 Å². The van der Waals surface area contributed by atoms with E-state index >= 15 is 0 Å². The van der Waals surface area contributed by atoms with Gasteiger partial charge in [0.15, 0.2) is 0 Å². The molecule has 18 heteroatoms. The molecule has 0 radical (unpaired) electrons. The highest BCUT2D eigenvalue weighted by atomic mass is 16.4. The number of fused-ring (bicyclic) bond motifs is 1. The van der Waals surface area contributed by atoms with Crippen molar-refractivity contribution < 1.29 is 48.6 Å². The number of hydrogen-bond acceptors (Lipinski definition) is 9. The number of hydrogen-bond donors (Lipinski definition) is 10. The number of carbonyl (C=O) groups excluding carboxylic acids is 6. The molecule has 348 valence electrons. The Labute approximate surface area is 377 Å². The second kappa shape index (κ2) is 25.3. The summed E-state index contributed by atoms with van der Waals surface area (Å²) in [4.78, 5) is 109. The SMILES string of the molecule is CC[C@@H](C)[C@H](NC(=O)[C@H](CCc1ccccc1)NC(=O)[C@H](CC(=O)O)NC(=O)[C@H](CCCN)NC(=O)[C@@H](Cc1ccccc1)NC(C)=O)C(=O)N[C@@H](Cc1c[nH]c2ccccc12)C(=O)O. The third-order valence-electron chi connectivity index (χ3n) is 11.0. The standard InChI is InChI=1S/C47H60N8O10/c1-4-28(2)41(46(63)54-39(47(64)65)25-32-27-49-34-19-12-11-18-33(32)34)55-43(60)36(22-21-30-14-7-5-8-15-30)52-45(62)38(26-40(57)58)53-42(59)35(20-13-23-48)51-44(61)37(50-29(3)56)24-31-16-9-6-10-17-31/h5-12,14-19,27-28,35-39,41,49H,4,13,20-26,48H2,1-3H3,(H,50,56)(H,51,61)(H,52,62)(H,53,59)(H,54,63)(H,55,60)(H,57,58)(H,64,65)/t28-,35+,36+,37-,38+,39+,41+/m1/s1. The molecule has 3 aromatic carbocycles. The van der Waals surface area contributed by atoms with Gasteiger partial charge < -0.3 is 52.8 Å². The van der Waals surface area contributed by atoms with Gasteiger partial charge in [-0.1, -0.05) is 99.1 Å². The van der Waals surface area contributed by atoms with Crippen molar-refractivity contribution in [2.24, 2.45) is 11.7 Å². The van der Waals surface area contributed by atoms with Gasteiger partial charge in [-0.05, 0) is 60.9 Å². The lowest BCUT2D eigenvalue weighted by Gasteiger charge is -2.29. The zero-order valence-corrected chi connectivity index (χ0v) is 36.8. The number of aryl methyl sites for hydroxylation is 1. The first kappa shape index (κ1) is 50.6. The van der Waals surface area contributed by atoms with Gasteiger partial charge in [0, 0.05) is 36.9 Å². The fraction of sp³-hybridized carbons (Fsp3) is 0.404. The highest BCUT2D eigenvalue weighted by Gasteiger charge is 2.35. The average molecular weight is 897 g/mol. The maximum atomic E-state index is 14.2. The van der Waals surface area contributed by atoms with E-state index in [1.54, 1.807) is 68.6 Å². The second-order valence-electron chi connectivity index (χ2n) is 16.0. The average Bonchev–Trinajstić information content (AvgIpc) is 3.69. The quantitative estimate of drug-likeness (QED) is 0.0434. The van der Waals surface area contributed by atoms with E-state index in [1.807, 2.05) is 36.4 Å². The number of benzene rings is 3. The monoisotopic (exact) mass is 896 g/mol. The van der Waals surface area contributed by atoms with Crippen molar-refractivity contribution in [2.45, 2.75) is 108 Å². The van der Waals surface area contributed by atoms with E-state index in [1.165, 1.54) is 6.92 Å². The number of aromatic amines is 1. The number of H-pyrrole nitrogens is 1. The molecule has 4 aromatic rings. The van der Waals surface area contributed by atoms with Crippen molar-refractivity contribution >= 4 is 58.3 Å². The normalized spacial score (nSPS) is 14.3. The minimum atomic E-state index is -1.74. The molecule has 4 rings (SSSR count). The molecule has 0 fully saturated rings. The fourth-order valence-electron chi connectivity index (χ4n) is 7.26. The maximum absolute atomic E-state index is 14.2. The molecule has 1 aromatic heterocycles. The van der Waals surface area contributed by atoms with Crippen LogP contribution in [0.1, 0.15) is 69.6 Å². The number of carbonyl (C=O) groups is 8. The number of aromatic nitrogens is 1. The van der Waals surface area contributed by atoms with E-state index in [2.05, 4.69) is 36.9 Å². The first-order chi connectivity index (χ1) is 31.1. The van der Waals surface area contributed by atoms with E-state index in [-0.39, 0.29) is 45.1 Å². The largest absolute Gasteiger partial charge is 0.481 e. The van der Waals surface area contributed by atoms with Gasteiger partial charge in [-0.2, -0.15) is 0 Å². The molecule has 0 aliphatic carbocycles. The number of carboxylic acid groups (broad SMARTS) is 2. The highest BCUT2D eigenvalue weighted by Crippen LogP contribution is 2.20. The van der Waals surface area contributed by atoms with Crippen LogP contribution < -0.4 is 37.6 Å². The zero-order chi connectivity index (χ0) is 47.5. The van der Waals surface area contributed by atoms with Gasteiger partial charge in [-0.3, -0.25) is 33.6 Å². The fourth-order valence-corrected chi connectivity index (χ4v) is 7.26. The molecule has 65 heavy (non-hydrogen) atoms. The molecule has 0 unspecified atom stereocenters. The molecule has 0 saturated heterocycles. The predicted octanol–water partition coefficient (Wildman–Crippen LogP) is 1.86. The lowest BCUT2D eigenvalue weighted by atomic mass is 9.96. The van der Waals surface area contributed by atoms with E-state index < -0.39 is 96.0 Å². The summed E-state index contributed by atoms with van der Waals surface area (Å²) in [5.74, 6) is -7.97. The Kier molecular flexibility index (Phi) is 19.7. The van der Waals surface area contributed by atoms with Gasteiger partial charge in [-0.15, -0.1) is 0 Å². The molecular formula is C47H60N8O10. The summed E-state index contributed by atoms with van der Waals surface area (Å²) >= 11 is 0. The van der Waals surface area contributed by atoms with Crippen LogP contribution in [0, 0.1) is 5.92 Å². The maximum Gasteiger partial charge on any atom is 0.326 e. The van der Waals surface area contributed by atoms with Crippen molar-refractivity contribution in [3.63, 3.8) is 0 Å². The van der Waals surface area contributed by atoms with Crippen LogP contribution in [-0.4, -0.2) is 105 Å². The van der Waals surface area contributed by atoms with E-state index in [0.717, 1.165) is 22.0 Å². The molecule has 0 aliphatic heterocycles. The summed E-state index contributed by atoms with van der Waals surface area (Å²) < 4.78 is 0. The zero-order valence-electron chi connectivity index (χ0n) is 36.8. The predicted molar refractivity (Wildman–Crippen MR) is 242 cm³/mol. The Hall–Kier alpha value is -7.08. The first-order valence-electron chi connectivity index (χ1n) is 21.7. The number of carboxylic acids is 2. The Balaban J connectivity index is 1.55. The summed E-state index contributed by atoms with van der Waals surface area (Å²) in [6.45, 7) is 4.87. The van der Waals surface area contributed by atoms with Crippen LogP contribution in [0.3, 0.4) is 0 Å². The van der Waals surface area contributed by atoms with Gasteiger partial charge in [-0.25, -0.2) is 4.79 Å². The second-order valence-corrected chi connectivity index (χ2v) is 16.0. The number of amides is 6. The molecule has 0 aliphatic rings. The van der Waals surface area contributed by atoms with E-state index in [9.17, 15) is 48.6 Å². The Bertz CT molecular complexity index is 2250. The van der Waals surface area contributed by atoms with Crippen molar-refractivity contribution in [1.82, 2.24) is 36.9 Å². The molecule has 1 heterocycles. The van der Waals surface area contributed by atoms with Crippen molar-refractivity contribution in [2.75, 3.05) is 6.54 Å². The number of nitrogens with one attached hydrogen (secondary N) is 7. The minimum Gasteiger partial charge on any atom is -0.481 e. The molecule has 11 N–H and O–H groups in total. The molecule has 0 spiro atoms. The number of rotatable bonds is 26. The topological polar surface area (TPSA) is 291 Å². The van der Waals surface area contributed by atoms with Crippen molar-refractivity contribution in [1.29, 1.82) is 0 Å². The third-order valence-corrected chi connectivity index (χ3v) is 11.0. The van der Waals surface area contributed by atoms with Crippen LogP contribution in [-0.2, 0) is 57.6 Å². The third kappa shape index (κ3) is 15.9. The van der Waals surface area contributed by atoms with Gasteiger partial charge in [0.1, 0.15) is 36.3 Å². The number of para-hydroxylation sites is 1. The lowest BCUT2D eigenvalue weighted by Crippen LogP contribution is -2.60. The van der Waals surface area contributed by atoms with Crippen LogP contribution in [0.25, 0.3) is 10.9 Å². The van der Waals surface area contributed by atoms with E-state index in [4.69, 9.17) is 5.73 Å². The lowest BCUT2D eigenvalue weighted by molar-refractivity contribution is -0.142. The van der Waals surface area contributed by atoms with Crippen LogP contribution >= 0.6 is 0 Å². The Morgan fingerprint density at radius 1 is 0.615 bits per heavy atom. The molecular weight excluding hydrogens is 837 g/mol. The van der Waals surface area contributed by atoms with Crippen LogP contribution in [0.4, 0.5) is 0 Å². The summed E-state index contributed by atoms with van der Waals surface area (Å²) in [6.07, 6.45) is 1.68. The number of nitrogens with two attached hydrogens (primary N) is 1. The molecule has 18 nitrogen and oxygen atoms in total. The summed E-state index contributed by atoms with van der Waals surface area (Å²) in [7, 11) is 0. The number of aliphatic carboxylic acids is 2. The van der Waals surface area contributed by atoms with Gasteiger partial charge in [0.2, 0.25) is 35.4 Å². The highest BCUT2D eigenvalue weighted by molar-refractivity contribution is 5.98. The molecule has 7 atom stereocenters. The van der Waals surface area contributed by atoms with Crippen LogP contribution in [0.5, 0.6) is 0 Å². The smallest absolute Gasteiger partial charge is 0.326 e. The van der Waals surface area contributed by atoms with Crippen LogP contribution in [0.2, 0.25) is 0 Å². The van der Waals surface area contributed by atoms with Gasteiger partial charge >= 0.3 is 11.9 Å². The summed E-state index contributed by atoms with van der Waals surface area (Å²) in [5, 5.41) is 36.3. The molecule has 0 bridgehead atoms. The van der Waals surface area contributed by atoms with Gasteiger partial charge in [0.25, 0.3) is 0 Å². The summed E-state index contributed by atoms with van der Waals surface area (Å²) in [5.41, 5.74) is 8.72. The first-order valence-corrected chi connectivity index (χ1v) is 21.7. The van der Waals surface area contributed by atoms with Crippen LogP contribution in [0.15, 0.2) is 91.1 Å². The Morgan fingerprint density at radius 2 is 1.15 bits per heavy atom. The van der Waals surface area contributed by atoms with Crippen molar-refractivity contribution in [3.8, 4) is 0 Å². The molecule has 6 amide bonds. The summed E-state index contributed by atoms with van der Waals surface area (Å²) in [6, 6.07) is 17.1. The molecule has 0 saturated carbocycles.